The number of carbonyl (C=O) groups excluding carboxylic acids is 2. The number of H-pyrrole nitrogens is 1. The summed E-state index contributed by atoms with van der Waals surface area (Å²) in [5, 5.41) is 2.82. The highest BCUT2D eigenvalue weighted by Crippen LogP contribution is 2.41. The maximum atomic E-state index is 14.5. The van der Waals surface area contributed by atoms with E-state index in [1.165, 1.54) is 29.1 Å². The first-order valence-corrected chi connectivity index (χ1v) is 13.4. The van der Waals surface area contributed by atoms with Crippen molar-refractivity contribution in [3.8, 4) is 22.5 Å². The van der Waals surface area contributed by atoms with Gasteiger partial charge in [0, 0.05) is 47.6 Å². The van der Waals surface area contributed by atoms with E-state index >= 15 is 0 Å². The number of aromatic nitrogens is 4. The number of carbonyl (C=O) groups is 2. The summed E-state index contributed by atoms with van der Waals surface area (Å²) in [6, 6.07) is 12.6. The predicted molar refractivity (Wildman–Crippen MR) is 155 cm³/mol. The lowest BCUT2D eigenvalue weighted by Gasteiger charge is -2.25. The van der Waals surface area contributed by atoms with E-state index < -0.39 is 17.8 Å². The molecule has 0 unspecified atom stereocenters. The van der Waals surface area contributed by atoms with Crippen LogP contribution in [0.5, 0.6) is 0 Å². The van der Waals surface area contributed by atoms with Crippen LogP contribution >= 0.6 is 0 Å². The lowest BCUT2D eigenvalue weighted by atomic mass is 9.99. The van der Waals surface area contributed by atoms with E-state index in [2.05, 4.69) is 20.3 Å². The van der Waals surface area contributed by atoms with Gasteiger partial charge in [0.1, 0.15) is 23.1 Å². The van der Waals surface area contributed by atoms with Gasteiger partial charge in [0.25, 0.3) is 17.4 Å². The highest BCUT2D eigenvalue weighted by Gasteiger charge is 2.40. The van der Waals surface area contributed by atoms with E-state index in [-0.39, 0.29) is 22.7 Å². The number of fused-ring (bicyclic) bond motifs is 1. The van der Waals surface area contributed by atoms with Gasteiger partial charge in [-0.3, -0.25) is 14.4 Å². The minimum absolute atomic E-state index is 0.130. The number of halogens is 1. The Kier molecular flexibility index (Phi) is 6.56. The highest BCUT2D eigenvalue weighted by atomic mass is 19.1. The molecule has 0 bridgehead atoms. The number of amides is 2. The average Bonchev–Trinajstić information content (AvgIpc) is 3.67. The SMILES string of the molecule is CC[C@H]1c2c(cc(C)nc2C(=O)Nc2ccc(F)c(-c3ncc[nH]3)c2)C(=O)N1c1ccc(-c2c(C)on(C)c2=O)cc1. The first-order chi connectivity index (χ1) is 20.2. The van der Waals surface area contributed by atoms with Crippen LogP contribution in [0.1, 0.15) is 57.3 Å². The second kappa shape index (κ2) is 10.3. The molecular weight excluding hydrogens is 539 g/mol. The molecule has 2 amide bonds. The number of pyridine rings is 1. The number of imidazole rings is 1. The molecule has 0 saturated heterocycles. The third kappa shape index (κ3) is 4.39. The molecule has 4 heterocycles. The fourth-order valence-corrected chi connectivity index (χ4v) is 5.56. The smallest absolute Gasteiger partial charge is 0.290 e. The maximum absolute atomic E-state index is 14.5. The molecule has 212 valence electrons. The van der Waals surface area contributed by atoms with Crippen LogP contribution in [-0.4, -0.2) is 31.5 Å². The van der Waals surface area contributed by atoms with Gasteiger partial charge >= 0.3 is 0 Å². The van der Waals surface area contributed by atoms with Gasteiger partial charge in [0.15, 0.2) is 0 Å². The molecule has 2 N–H and O–H groups in total. The summed E-state index contributed by atoms with van der Waals surface area (Å²) in [7, 11) is 1.55. The van der Waals surface area contributed by atoms with Gasteiger partial charge in [-0.05, 0) is 62.2 Å². The van der Waals surface area contributed by atoms with Crippen LogP contribution < -0.4 is 15.8 Å². The standard InChI is InChI=1S/C31H27FN6O4/c1-5-24-26-22(30(40)38(24)20-9-6-18(7-10-20)25-17(3)42-37(4)31(25)41)14-16(2)35-27(26)29(39)36-19-8-11-23(32)21(15-19)28-33-12-13-34-28/h6-15,24H,5H2,1-4H3,(H,33,34)(H,36,39)/t24-/m0/s1. The average molecular weight is 567 g/mol. The van der Waals surface area contributed by atoms with E-state index in [1.54, 1.807) is 62.3 Å². The van der Waals surface area contributed by atoms with Crippen molar-refractivity contribution in [2.24, 2.45) is 7.05 Å². The summed E-state index contributed by atoms with van der Waals surface area (Å²) in [6.45, 7) is 5.39. The molecular formula is C31H27FN6O4. The van der Waals surface area contributed by atoms with Gasteiger partial charge < -0.3 is 19.7 Å². The van der Waals surface area contributed by atoms with Crippen molar-refractivity contribution in [2.45, 2.75) is 33.2 Å². The van der Waals surface area contributed by atoms with Crippen molar-refractivity contribution in [3.05, 3.63) is 105 Å². The number of nitrogens with zero attached hydrogens (tertiary/aromatic N) is 4. The molecule has 5 aromatic rings. The van der Waals surface area contributed by atoms with Gasteiger partial charge in [0.05, 0.1) is 17.2 Å². The second-order valence-electron chi connectivity index (χ2n) is 10.1. The number of rotatable bonds is 6. The zero-order chi connectivity index (χ0) is 29.7. The summed E-state index contributed by atoms with van der Waals surface area (Å²) in [5.41, 5.74) is 3.65. The molecule has 0 saturated carbocycles. The Morgan fingerprint density at radius 3 is 2.50 bits per heavy atom. The normalized spacial score (nSPS) is 14.4. The van der Waals surface area contributed by atoms with Gasteiger partial charge in [-0.25, -0.2) is 14.4 Å². The lowest BCUT2D eigenvalue weighted by Crippen LogP contribution is -2.28. The van der Waals surface area contributed by atoms with Crippen LogP contribution in [-0.2, 0) is 7.05 Å². The molecule has 0 fully saturated rings. The molecule has 1 aliphatic rings. The number of hydrogen-bond acceptors (Lipinski definition) is 6. The molecule has 6 rings (SSSR count). The van der Waals surface area contributed by atoms with Gasteiger partial charge in [-0.2, -0.15) is 4.74 Å². The Hall–Kier alpha value is -5.32. The maximum Gasteiger partial charge on any atom is 0.290 e. The molecule has 0 aliphatic carbocycles. The monoisotopic (exact) mass is 566 g/mol. The second-order valence-corrected chi connectivity index (χ2v) is 10.1. The quantitative estimate of drug-likeness (QED) is 0.278. The van der Waals surface area contributed by atoms with E-state index in [4.69, 9.17) is 4.52 Å². The summed E-state index contributed by atoms with van der Waals surface area (Å²) < 4.78 is 21.1. The fourth-order valence-electron chi connectivity index (χ4n) is 5.56. The molecule has 0 spiro atoms. The van der Waals surface area contributed by atoms with Crippen LogP contribution in [0.4, 0.5) is 15.8 Å². The molecule has 42 heavy (non-hydrogen) atoms. The molecule has 11 heteroatoms. The van der Waals surface area contributed by atoms with Gasteiger partial charge in [-0.1, -0.05) is 19.1 Å². The highest BCUT2D eigenvalue weighted by molar-refractivity contribution is 6.14. The predicted octanol–water partition coefficient (Wildman–Crippen LogP) is 5.55. The first kappa shape index (κ1) is 26.9. The number of hydrogen-bond donors (Lipinski definition) is 2. The molecule has 2 aromatic carbocycles. The molecule has 1 aliphatic heterocycles. The van der Waals surface area contributed by atoms with E-state index in [9.17, 15) is 18.8 Å². The minimum Gasteiger partial charge on any atom is -0.381 e. The van der Waals surface area contributed by atoms with Crippen molar-refractivity contribution in [3.63, 3.8) is 0 Å². The number of nitrogens with one attached hydrogen (secondary N) is 2. The van der Waals surface area contributed by atoms with Crippen molar-refractivity contribution in [1.29, 1.82) is 0 Å². The third-order valence-corrected chi connectivity index (χ3v) is 7.42. The van der Waals surface area contributed by atoms with Gasteiger partial charge in [-0.15, -0.1) is 0 Å². The summed E-state index contributed by atoms with van der Waals surface area (Å²) in [6.07, 6.45) is 3.62. The zero-order valence-corrected chi connectivity index (χ0v) is 23.4. The number of benzene rings is 2. The summed E-state index contributed by atoms with van der Waals surface area (Å²) >= 11 is 0. The minimum atomic E-state index is -0.512. The lowest BCUT2D eigenvalue weighted by molar-refractivity contribution is 0.0988. The van der Waals surface area contributed by atoms with Crippen LogP contribution in [0, 0.1) is 19.7 Å². The molecule has 0 radical (unpaired) electrons. The van der Waals surface area contributed by atoms with Crippen molar-refractivity contribution in [1.82, 2.24) is 19.7 Å². The van der Waals surface area contributed by atoms with Gasteiger partial charge in [0.2, 0.25) is 0 Å². The van der Waals surface area contributed by atoms with Crippen LogP contribution in [0.3, 0.4) is 0 Å². The van der Waals surface area contributed by atoms with Crippen LogP contribution in [0.2, 0.25) is 0 Å². The Morgan fingerprint density at radius 1 is 1.10 bits per heavy atom. The number of aryl methyl sites for hydroxylation is 3. The van der Waals surface area contributed by atoms with Crippen molar-refractivity contribution >= 4 is 23.2 Å². The Bertz CT molecular complexity index is 1910. The Labute approximate surface area is 239 Å². The van der Waals surface area contributed by atoms with Crippen molar-refractivity contribution in [2.75, 3.05) is 10.2 Å². The van der Waals surface area contributed by atoms with E-state index in [0.29, 0.717) is 57.3 Å². The van der Waals surface area contributed by atoms with Crippen LogP contribution in [0.15, 0.2) is 70.2 Å². The number of anilines is 2. The third-order valence-electron chi connectivity index (χ3n) is 7.42. The first-order valence-electron chi connectivity index (χ1n) is 13.4. The largest absolute Gasteiger partial charge is 0.381 e. The van der Waals surface area contributed by atoms with E-state index in [0.717, 1.165) is 0 Å². The van der Waals surface area contributed by atoms with Crippen molar-refractivity contribution < 1.29 is 18.5 Å². The fraction of sp³-hybridized carbons (Fsp3) is 0.194. The molecule has 10 nitrogen and oxygen atoms in total. The van der Waals surface area contributed by atoms with E-state index in [1.807, 2.05) is 6.92 Å². The molecule has 1 atom stereocenters. The van der Waals surface area contributed by atoms with Crippen LogP contribution in [0.25, 0.3) is 22.5 Å². The summed E-state index contributed by atoms with van der Waals surface area (Å²) in [4.78, 5) is 53.1. The Balaban J connectivity index is 1.34. The Morgan fingerprint density at radius 2 is 1.86 bits per heavy atom. The topological polar surface area (TPSA) is 126 Å². The molecule has 3 aromatic heterocycles. The number of aromatic amines is 1. The summed E-state index contributed by atoms with van der Waals surface area (Å²) in [5.74, 6) is -0.414. The zero-order valence-electron chi connectivity index (χ0n) is 23.4.